The van der Waals surface area contributed by atoms with Crippen molar-refractivity contribution in [3.63, 3.8) is 0 Å². The van der Waals surface area contributed by atoms with E-state index in [9.17, 15) is 14.4 Å². The Labute approximate surface area is 186 Å². The normalized spacial score (nSPS) is 17.3. The maximum Gasteiger partial charge on any atom is 0.291 e. The Morgan fingerprint density at radius 2 is 1.72 bits per heavy atom. The van der Waals surface area contributed by atoms with Crippen molar-refractivity contribution in [2.75, 3.05) is 64.3 Å². The molecule has 1 aromatic heterocycles. The third kappa shape index (κ3) is 5.17. The number of morpholine rings is 1. The summed E-state index contributed by atoms with van der Waals surface area (Å²) in [5.74, 6) is -0.119. The van der Waals surface area contributed by atoms with Crippen LogP contribution in [0.5, 0.6) is 0 Å². The van der Waals surface area contributed by atoms with E-state index in [0.717, 1.165) is 5.56 Å². The van der Waals surface area contributed by atoms with E-state index in [1.54, 1.807) is 29.2 Å². The van der Waals surface area contributed by atoms with E-state index >= 15 is 0 Å². The number of carbonyl (C=O) groups excluding carboxylic acids is 3. The second kappa shape index (κ2) is 9.97. The number of piperazine rings is 1. The highest BCUT2D eigenvalue weighted by Crippen LogP contribution is 2.20. The van der Waals surface area contributed by atoms with Gasteiger partial charge in [0.1, 0.15) is 0 Å². The average Bonchev–Trinajstić information content (AvgIpc) is 3.36. The van der Waals surface area contributed by atoms with Crippen molar-refractivity contribution < 1.29 is 23.5 Å². The molecule has 9 nitrogen and oxygen atoms in total. The van der Waals surface area contributed by atoms with Gasteiger partial charge < -0.3 is 24.3 Å². The number of nitrogens with zero attached hydrogens (tertiary/aromatic N) is 3. The van der Waals surface area contributed by atoms with Gasteiger partial charge in [-0.25, -0.2) is 0 Å². The van der Waals surface area contributed by atoms with Crippen molar-refractivity contribution in [2.45, 2.75) is 6.92 Å². The maximum atomic E-state index is 13.0. The highest BCUT2D eigenvalue weighted by atomic mass is 16.5. The zero-order valence-corrected chi connectivity index (χ0v) is 18.2. The van der Waals surface area contributed by atoms with Crippen LogP contribution in [0.2, 0.25) is 0 Å². The average molecular weight is 441 g/mol. The third-order valence-electron chi connectivity index (χ3n) is 5.86. The van der Waals surface area contributed by atoms with Crippen LogP contribution >= 0.6 is 0 Å². The van der Waals surface area contributed by atoms with Gasteiger partial charge in [0.15, 0.2) is 5.76 Å². The molecule has 2 saturated heterocycles. The number of benzene rings is 1. The molecule has 0 atom stereocenters. The van der Waals surface area contributed by atoms with E-state index in [1.165, 1.54) is 6.26 Å². The molecule has 2 aromatic rings. The summed E-state index contributed by atoms with van der Waals surface area (Å²) in [6.07, 6.45) is 1.44. The monoisotopic (exact) mass is 440 g/mol. The molecule has 0 spiro atoms. The number of hydrogen-bond acceptors (Lipinski definition) is 6. The van der Waals surface area contributed by atoms with Crippen LogP contribution in [0.25, 0.3) is 0 Å². The lowest BCUT2D eigenvalue weighted by Gasteiger charge is -2.36. The SMILES string of the molecule is Cc1ccc(C(=O)N2CCN(CC(=O)N3CCOCC3)CC2)cc1NC(=O)c1ccco1. The first-order chi connectivity index (χ1) is 15.5. The molecule has 4 rings (SSSR count). The molecular weight excluding hydrogens is 412 g/mol. The Bertz CT molecular complexity index is 961. The first-order valence-electron chi connectivity index (χ1n) is 10.8. The Kier molecular flexibility index (Phi) is 6.87. The molecule has 0 radical (unpaired) electrons. The van der Waals surface area contributed by atoms with Crippen LogP contribution in [0.1, 0.15) is 26.5 Å². The number of aryl methyl sites for hydroxylation is 1. The summed E-state index contributed by atoms with van der Waals surface area (Å²) < 4.78 is 10.4. The summed E-state index contributed by atoms with van der Waals surface area (Å²) in [5, 5.41) is 2.81. The summed E-state index contributed by atoms with van der Waals surface area (Å²) >= 11 is 0. The van der Waals surface area contributed by atoms with Gasteiger partial charge in [0.2, 0.25) is 5.91 Å². The van der Waals surface area contributed by atoms with Gasteiger partial charge in [-0.05, 0) is 36.8 Å². The van der Waals surface area contributed by atoms with E-state index in [4.69, 9.17) is 9.15 Å². The van der Waals surface area contributed by atoms with Crippen LogP contribution in [0.3, 0.4) is 0 Å². The first-order valence-corrected chi connectivity index (χ1v) is 10.8. The van der Waals surface area contributed by atoms with Gasteiger partial charge in [-0.1, -0.05) is 6.07 Å². The number of furan rings is 1. The van der Waals surface area contributed by atoms with Crippen molar-refractivity contribution in [3.8, 4) is 0 Å². The fourth-order valence-corrected chi connectivity index (χ4v) is 3.88. The molecule has 0 aliphatic carbocycles. The lowest BCUT2D eigenvalue weighted by molar-refractivity contribution is -0.136. The molecular formula is C23H28N4O5. The van der Waals surface area contributed by atoms with Crippen LogP contribution in [0.4, 0.5) is 5.69 Å². The predicted octanol–water partition coefficient (Wildman–Crippen LogP) is 1.46. The second-order valence-corrected chi connectivity index (χ2v) is 8.02. The predicted molar refractivity (Wildman–Crippen MR) is 118 cm³/mol. The minimum Gasteiger partial charge on any atom is -0.459 e. The van der Waals surface area contributed by atoms with Crippen molar-refractivity contribution in [1.29, 1.82) is 0 Å². The number of carbonyl (C=O) groups is 3. The fourth-order valence-electron chi connectivity index (χ4n) is 3.88. The molecule has 0 bridgehead atoms. The molecule has 0 saturated carbocycles. The maximum absolute atomic E-state index is 13.0. The molecule has 1 aromatic carbocycles. The number of ether oxygens (including phenoxy) is 1. The van der Waals surface area contributed by atoms with Crippen molar-refractivity contribution in [2.24, 2.45) is 0 Å². The van der Waals surface area contributed by atoms with E-state index in [2.05, 4.69) is 10.2 Å². The third-order valence-corrected chi connectivity index (χ3v) is 5.86. The zero-order valence-electron chi connectivity index (χ0n) is 18.2. The van der Waals surface area contributed by atoms with Crippen LogP contribution < -0.4 is 5.32 Å². The fraction of sp³-hybridized carbons (Fsp3) is 0.435. The van der Waals surface area contributed by atoms with E-state index < -0.39 is 0 Å². The standard InChI is InChI=1S/C23H28N4O5/c1-17-4-5-18(15-19(17)24-22(29)20-3-2-12-32-20)23(30)27-8-6-25(7-9-27)16-21(28)26-10-13-31-14-11-26/h2-5,12,15H,6-11,13-14,16H2,1H3,(H,24,29). The number of hydrogen-bond donors (Lipinski definition) is 1. The Hall–Kier alpha value is -3.17. The summed E-state index contributed by atoms with van der Waals surface area (Å²) in [6.45, 7) is 7.11. The highest BCUT2D eigenvalue weighted by Gasteiger charge is 2.26. The second-order valence-electron chi connectivity index (χ2n) is 8.02. The molecule has 170 valence electrons. The zero-order chi connectivity index (χ0) is 22.5. The summed E-state index contributed by atoms with van der Waals surface area (Å²) in [6, 6.07) is 8.53. The largest absolute Gasteiger partial charge is 0.459 e. The van der Waals surface area contributed by atoms with Gasteiger partial charge in [0.25, 0.3) is 11.8 Å². The van der Waals surface area contributed by atoms with Gasteiger partial charge in [-0.2, -0.15) is 0 Å². The number of anilines is 1. The molecule has 0 unspecified atom stereocenters. The van der Waals surface area contributed by atoms with Crippen LogP contribution in [-0.4, -0.2) is 91.4 Å². The molecule has 3 amide bonds. The number of amides is 3. The van der Waals surface area contributed by atoms with Gasteiger partial charge >= 0.3 is 0 Å². The summed E-state index contributed by atoms with van der Waals surface area (Å²) in [5.41, 5.74) is 1.95. The Balaban J connectivity index is 1.32. The van der Waals surface area contributed by atoms with Crippen LogP contribution in [0, 0.1) is 6.92 Å². The topological polar surface area (TPSA) is 95.3 Å². The Morgan fingerprint density at radius 1 is 0.969 bits per heavy atom. The minimum atomic E-state index is -0.360. The Morgan fingerprint density at radius 3 is 2.41 bits per heavy atom. The van der Waals surface area contributed by atoms with E-state index in [-0.39, 0.29) is 23.5 Å². The van der Waals surface area contributed by atoms with Gasteiger partial charge in [0.05, 0.1) is 26.0 Å². The molecule has 2 aliphatic heterocycles. The van der Waals surface area contributed by atoms with E-state index in [1.807, 2.05) is 17.9 Å². The van der Waals surface area contributed by atoms with Crippen LogP contribution in [-0.2, 0) is 9.53 Å². The lowest BCUT2D eigenvalue weighted by Crippen LogP contribution is -2.52. The molecule has 3 heterocycles. The quantitative estimate of drug-likeness (QED) is 0.756. The van der Waals surface area contributed by atoms with Crippen molar-refractivity contribution in [1.82, 2.24) is 14.7 Å². The molecule has 2 aliphatic rings. The van der Waals surface area contributed by atoms with Crippen molar-refractivity contribution in [3.05, 3.63) is 53.5 Å². The van der Waals surface area contributed by atoms with Crippen molar-refractivity contribution >= 4 is 23.4 Å². The highest BCUT2D eigenvalue weighted by molar-refractivity contribution is 6.04. The van der Waals surface area contributed by atoms with Gasteiger partial charge in [-0.3, -0.25) is 19.3 Å². The van der Waals surface area contributed by atoms with Crippen LogP contribution in [0.15, 0.2) is 41.0 Å². The molecule has 1 N–H and O–H groups in total. The van der Waals surface area contributed by atoms with E-state index in [0.29, 0.717) is 70.3 Å². The molecule has 2 fully saturated rings. The summed E-state index contributed by atoms with van der Waals surface area (Å²) in [4.78, 5) is 43.5. The molecule has 32 heavy (non-hydrogen) atoms. The lowest BCUT2D eigenvalue weighted by atomic mass is 10.1. The summed E-state index contributed by atoms with van der Waals surface area (Å²) in [7, 11) is 0. The number of rotatable bonds is 5. The molecule has 9 heteroatoms. The smallest absolute Gasteiger partial charge is 0.291 e. The van der Waals surface area contributed by atoms with Gasteiger partial charge in [0, 0.05) is 50.5 Å². The minimum absolute atomic E-state index is 0.0855. The first kappa shape index (κ1) is 22.0. The number of nitrogens with one attached hydrogen (secondary N) is 1. The van der Waals surface area contributed by atoms with Gasteiger partial charge in [-0.15, -0.1) is 0 Å².